The minimum absolute atomic E-state index is 0.213. The van der Waals surface area contributed by atoms with E-state index in [4.69, 9.17) is 9.47 Å². The number of amides is 2. The molecule has 198 valence electrons. The first-order valence-electron chi connectivity index (χ1n) is 12.4. The lowest BCUT2D eigenvalue weighted by atomic mass is 10.1. The van der Waals surface area contributed by atoms with Gasteiger partial charge in [0, 0.05) is 4.88 Å². The highest BCUT2D eigenvalue weighted by Gasteiger charge is 2.27. The van der Waals surface area contributed by atoms with Crippen LogP contribution in [0.25, 0.3) is 0 Å². The van der Waals surface area contributed by atoms with Crippen molar-refractivity contribution in [2.45, 2.75) is 45.6 Å². The van der Waals surface area contributed by atoms with Crippen LogP contribution in [0.3, 0.4) is 0 Å². The highest BCUT2D eigenvalue weighted by molar-refractivity contribution is 7.17. The third-order valence-corrected chi connectivity index (χ3v) is 7.10. The van der Waals surface area contributed by atoms with Crippen LogP contribution in [0.5, 0.6) is 5.75 Å². The molecule has 10 heteroatoms. The molecule has 0 fully saturated rings. The molecule has 1 aliphatic carbocycles. The van der Waals surface area contributed by atoms with E-state index in [1.165, 1.54) is 29.7 Å². The number of carbonyl (C=O) groups is 3. The zero-order valence-corrected chi connectivity index (χ0v) is 21.7. The van der Waals surface area contributed by atoms with Gasteiger partial charge in [0.1, 0.15) is 23.2 Å². The molecule has 0 spiro atoms. The zero-order chi connectivity index (χ0) is 26.9. The molecular formula is C28H28FN3O5S. The largest absolute Gasteiger partial charge is 0.489 e. The monoisotopic (exact) mass is 537 g/mol. The van der Waals surface area contributed by atoms with Crippen LogP contribution >= 0.6 is 11.3 Å². The number of esters is 1. The van der Waals surface area contributed by atoms with Gasteiger partial charge in [-0.1, -0.05) is 30.7 Å². The number of nitrogens with zero attached hydrogens (tertiary/aromatic N) is 1. The first-order valence-corrected chi connectivity index (χ1v) is 13.2. The number of halogens is 1. The highest BCUT2D eigenvalue weighted by atomic mass is 32.1. The Bertz CT molecular complexity index is 1340. The quantitative estimate of drug-likeness (QED) is 0.138. The number of thiophene rings is 1. The van der Waals surface area contributed by atoms with E-state index >= 15 is 0 Å². The van der Waals surface area contributed by atoms with E-state index in [0.29, 0.717) is 21.9 Å². The number of aryl methyl sites for hydroxylation is 1. The van der Waals surface area contributed by atoms with E-state index in [1.807, 2.05) is 0 Å². The van der Waals surface area contributed by atoms with Gasteiger partial charge in [-0.15, -0.1) is 11.3 Å². The third kappa shape index (κ3) is 7.04. The van der Waals surface area contributed by atoms with Gasteiger partial charge in [-0.05, 0) is 73.6 Å². The molecule has 0 saturated heterocycles. The summed E-state index contributed by atoms with van der Waals surface area (Å²) in [5.74, 6) is -2.15. The molecule has 2 N–H and O–H groups in total. The van der Waals surface area contributed by atoms with Gasteiger partial charge in [-0.25, -0.2) is 14.6 Å². The summed E-state index contributed by atoms with van der Waals surface area (Å²) in [6.45, 7) is 2.20. The average Bonchev–Trinajstić information content (AvgIpc) is 3.08. The van der Waals surface area contributed by atoms with Crippen LogP contribution in [0.1, 0.15) is 58.1 Å². The van der Waals surface area contributed by atoms with Crippen molar-refractivity contribution in [2.75, 3.05) is 11.9 Å². The van der Waals surface area contributed by atoms with Crippen molar-refractivity contribution in [2.24, 2.45) is 5.10 Å². The SMILES string of the molecule is CCOC(=O)c1c(NC(=O)C(=O)NN=Cc2cccc(OCc3ccc(F)cc3)c2)sc2c1CCCCC2. The normalized spacial score (nSPS) is 12.9. The Morgan fingerprint density at radius 2 is 1.84 bits per heavy atom. The molecule has 3 aromatic rings. The molecule has 2 amide bonds. The number of benzene rings is 2. The van der Waals surface area contributed by atoms with Gasteiger partial charge in [-0.3, -0.25) is 9.59 Å². The number of ether oxygens (including phenoxy) is 2. The molecule has 1 aromatic heterocycles. The van der Waals surface area contributed by atoms with E-state index < -0.39 is 17.8 Å². The molecule has 0 bridgehead atoms. The zero-order valence-electron chi connectivity index (χ0n) is 20.9. The Balaban J connectivity index is 1.36. The molecule has 0 saturated carbocycles. The molecular weight excluding hydrogens is 509 g/mol. The van der Waals surface area contributed by atoms with Crippen molar-refractivity contribution in [3.05, 3.63) is 81.5 Å². The van der Waals surface area contributed by atoms with Crippen molar-refractivity contribution in [1.82, 2.24) is 5.43 Å². The molecule has 1 heterocycles. The third-order valence-electron chi connectivity index (χ3n) is 5.89. The maximum absolute atomic E-state index is 13.0. The van der Waals surface area contributed by atoms with Gasteiger partial charge < -0.3 is 14.8 Å². The molecule has 1 aliphatic rings. The van der Waals surface area contributed by atoms with E-state index in [2.05, 4.69) is 15.8 Å². The van der Waals surface area contributed by atoms with Crippen LogP contribution in [-0.4, -0.2) is 30.6 Å². The molecule has 0 unspecified atom stereocenters. The lowest BCUT2D eigenvalue weighted by Crippen LogP contribution is -2.32. The summed E-state index contributed by atoms with van der Waals surface area (Å²) in [5.41, 5.74) is 4.91. The van der Waals surface area contributed by atoms with Crippen molar-refractivity contribution in [3.8, 4) is 5.75 Å². The van der Waals surface area contributed by atoms with Gasteiger partial charge in [0.2, 0.25) is 0 Å². The second-order valence-corrected chi connectivity index (χ2v) is 9.74. The van der Waals surface area contributed by atoms with Crippen LogP contribution in [0.15, 0.2) is 53.6 Å². The van der Waals surface area contributed by atoms with E-state index in [1.54, 1.807) is 43.3 Å². The number of hydrogen-bond acceptors (Lipinski definition) is 7. The predicted octanol–water partition coefficient (Wildman–Crippen LogP) is 5.00. The number of anilines is 1. The first kappa shape index (κ1) is 27.0. The van der Waals surface area contributed by atoms with Crippen LogP contribution in [-0.2, 0) is 33.8 Å². The van der Waals surface area contributed by atoms with E-state index in [-0.39, 0.29) is 19.0 Å². The van der Waals surface area contributed by atoms with Crippen LogP contribution in [0, 0.1) is 5.82 Å². The van der Waals surface area contributed by atoms with Crippen LogP contribution in [0.4, 0.5) is 9.39 Å². The fourth-order valence-electron chi connectivity index (χ4n) is 4.06. The summed E-state index contributed by atoms with van der Waals surface area (Å²) in [5, 5.41) is 6.76. The van der Waals surface area contributed by atoms with E-state index in [0.717, 1.165) is 48.1 Å². The topological polar surface area (TPSA) is 106 Å². The number of hydrogen-bond donors (Lipinski definition) is 2. The van der Waals surface area contributed by atoms with Gasteiger partial charge >= 0.3 is 17.8 Å². The molecule has 38 heavy (non-hydrogen) atoms. The maximum atomic E-state index is 13.0. The minimum atomic E-state index is -0.969. The van der Waals surface area contributed by atoms with Gasteiger partial charge in [0.25, 0.3) is 0 Å². The van der Waals surface area contributed by atoms with Crippen molar-refractivity contribution >= 4 is 40.3 Å². The lowest BCUT2D eigenvalue weighted by molar-refractivity contribution is -0.136. The Morgan fingerprint density at radius 1 is 1.05 bits per heavy atom. The van der Waals surface area contributed by atoms with Crippen molar-refractivity contribution in [1.29, 1.82) is 0 Å². The predicted molar refractivity (Wildman–Crippen MR) is 143 cm³/mol. The average molecular weight is 538 g/mol. The second-order valence-electron chi connectivity index (χ2n) is 8.63. The summed E-state index contributed by atoms with van der Waals surface area (Å²) < 4.78 is 24.0. The Kier molecular flexibility index (Phi) is 9.21. The van der Waals surface area contributed by atoms with Crippen LogP contribution < -0.4 is 15.5 Å². The number of fused-ring (bicyclic) bond motifs is 1. The fraction of sp³-hybridized carbons (Fsp3) is 0.286. The number of rotatable bonds is 8. The van der Waals surface area contributed by atoms with Gasteiger partial charge in [0.15, 0.2) is 0 Å². The Morgan fingerprint density at radius 3 is 2.63 bits per heavy atom. The minimum Gasteiger partial charge on any atom is -0.489 e. The molecule has 4 rings (SSSR count). The number of carbonyl (C=O) groups excluding carboxylic acids is 3. The smallest absolute Gasteiger partial charge is 0.341 e. The Labute approximate surface area is 223 Å². The molecule has 2 aromatic carbocycles. The summed E-state index contributed by atoms with van der Waals surface area (Å²) in [6, 6.07) is 13.0. The van der Waals surface area contributed by atoms with Gasteiger partial charge in [0.05, 0.1) is 18.4 Å². The van der Waals surface area contributed by atoms with Crippen molar-refractivity contribution in [3.63, 3.8) is 0 Å². The van der Waals surface area contributed by atoms with E-state index in [9.17, 15) is 18.8 Å². The second kappa shape index (κ2) is 13.0. The molecule has 0 aliphatic heterocycles. The fourth-order valence-corrected chi connectivity index (χ4v) is 5.33. The molecule has 8 nitrogen and oxygen atoms in total. The number of nitrogens with one attached hydrogen (secondary N) is 2. The first-order chi connectivity index (χ1) is 18.4. The lowest BCUT2D eigenvalue weighted by Gasteiger charge is -2.08. The standard InChI is InChI=1S/C28H28FN3O5S/c1-2-36-28(35)24-22-9-4-3-5-10-23(22)38-27(24)31-25(33)26(34)32-30-16-19-7-6-8-21(15-19)37-17-18-11-13-20(29)14-12-18/h6-8,11-16H,2-5,9-10,17H2,1H3,(H,31,33)(H,32,34). The van der Waals surface area contributed by atoms with Gasteiger partial charge in [-0.2, -0.15) is 5.10 Å². The highest BCUT2D eigenvalue weighted by Crippen LogP contribution is 2.38. The summed E-state index contributed by atoms with van der Waals surface area (Å²) in [7, 11) is 0. The summed E-state index contributed by atoms with van der Waals surface area (Å²) >= 11 is 1.32. The summed E-state index contributed by atoms with van der Waals surface area (Å²) in [4.78, 5) is 38.7. The maximum Gasteiger partial charge on any atom is 0.341 e. The van der Waals surface area contributed by atoms with Crippen LogP contribution in [0.2, 0.25) is 0 Å². The molecule has 0 radical (unpaired) electrons. The molecule has 0 atom stereocenters. The Hall–Kier alpha value is -4.05. The summed E-state index contributed by atoms with van der Waals surface area (Å²) in [6.07, 6.45) is 5.99. The number of hydrazone groups is 1. The van der Waals surface area contributed by atoms with Crippen molar-refractivity contribution < 1.29 is 28.2 Å².